The third-order valence-electron chi connectivity index (χ3n) is 4.70. The lowest BCUT2D eigenvalue weighted by Crippen LogP contribution is -2.23. The maximum atomic E-state index is 12.6. The Morgan fingerprint density at radius 3 is 2.56 bits per heavy atom. The van der Waals surface area contributed by atoms with Gasteiger partial charge in [-0.3, -0.25) is 9.69 Å². The number of carbonyl (C=O) groups excluding carboxylic acids is 1. The maximum Gasteiger partial charge on any atom is 0.266 e. The molecule has 2 aliphatic rings. The topological polar surface area (TPSA) is 35.9 Å². The number of amidine groups is 1. The largest absolute Gasteiger partial charge is 0.372 e. The maximum absolute atomic E-state index is 12.6. The summed E-state index contributed by atoms with van der Waals surface area (Å²) in [5, 5.41) is 1.28. The van der Waals surface area contributed by atoms with Crippen LogP contribution in [0.1, 0.15) is 18.4 Å². The minimum Gasteiger partial charge on any atom is -0.372 e. The van der Waals surface area contributed by atoms with Crippen LogP contribution in [0.3, 0.4) is 0 Å². The number of thioether (sulfide) groups is 1. The Morgan fingerprint density at radius 2 is 1.85 bits per heavy atom. The lowest BCUT2D eigenvalue weighted by molar-refractivity contribution is -0.121. The van der Waals surface area contributed by atoms with Crippen LogP contribution >= 0.6 is 23.4 Å². The Kier molecular flexibility index (Phi) is 5.23. The molecule has 0 bridgehead atoms. The van der Waals surface area contributed by atoms with Crippen LogP contribution in [-0.2, 0) is 4.79 Å². The van der Waals surface area contributed by atoms with Gasteiger partial charge in [-0.1, -0.05) is 29.8 Å². The molecule has 0 aromatic heterocycles. The number of anilines is 1. The van der Waals surface area contributed by atoms with Gasteiger partial charge >= 0.3 is 0 Å². The molecule has 0 N–H and O–H groups in total. The van der Waals surface area contributed by atoms with Gasteiger partial charge in [0.25, 0.3) is 5.91 Å². The smallest absolute Gasteiger partial charge is 0.266 e. The minimum atomic E-state index is -0.0376. The molecule has 2 saturated heterocycles. The summed E-state index contributed by atoms with van der Waals surface area (Å²) in [6.45, 7) is 2.26. The number of carbonyl (C=O) groups is 1. The van der Waals surface area contributed by atoms with E-state index >= 15 is 0 Å². The van der Waals surface area contributed by atoms with Gasteiger partial charge in [0.05, 0.1) is 10.6 Å². The fourth-order valence-corrected chi connectivity index (χ4v) is 4.39. The number of halogens is 1. The molecule has 4 rings (SSSR count). The molecule has 27 heavy (non-hydrogen) atoms. The second-order valence-electron chi connectivity index (χ2n) is 6.63. The number of hydrogen-bond acceptors (Lipinski definition) is 4. The van der Waals surface area contributed by atoms with Crippen molar-refractivity contribution in [3.05, 3.63) is 64.0 Å². The molecule has 138 valence electrons. The first-order valence-corrected chi connectivity index (χ1v) is 10.2. The second-order valence-corrected chi connectivity index (χ2v) is 8.08. The van der Waals surface area contributed by atoms with Crippen LogP contribution in [0.25, 0.3) is 6.08 Å². The van der Waals surface area contributed by atoms with Crippen LogP contribution in [0.4, 0.5) is 11.4 Å². The third-order valence-corrected chi connectivity index (χ3v) is 5.99. The number of benzene rings is 2. The van der Waals surface area contributed by atoms with Crippen molar-refractivity contribution in [2.45, 2.75) is 12.8 Å². The fraction of sp³-hybridized carbons (Fsp3) is 0.238. The van der Waals surface area contributed by atoms with Crippen molar-refractivity contribution in [2.75, 3.05) is 25.0 Å². The molecule has 2 aromatic carbocycles. The number of rotatable bonds is 3. The van der Waals surface area contributed by atoms with E-state index in [1.54, 1.807) is 24.1 Å². The van der Waals surface area contributed by atoms with Crippen LogP contribution < -0.4 is 4.90 Å². The Balaban J connectivity index is 1.54. The van der Waals surface area contributed by atoms with E-state index in [0.29, 0.717) is 15.1 Å². The van der Waals surface area contributed by atoms with Gasteiger partial charge in [0, 0.05) is 30.8 Å². The van der Waals surface area contributed by atoms with E-state index in [9.17, 15) is 4.79 Å². The van der Waals surface area contributed by atoms with Gasteiger partial charge in [-0.05, 0) is 66.6 Å². The van der Waals surface area contributed by atoms with E-state index < -0.39 is 0 Å². The summed E-state index contributed by atoms with van der Waals surface area (Å²) in [6, 6.07) is 15.7. The van der Waals surface area contributed by atoms with E-state index in [0.717, 1.165) is 24.3 Å². The number of aliphatic imine (C=N–C) groups is 1. The van der Waals surface area contributed by atoms with Crippen molar-refractivity contribution in [3.63, 3.8) is 0 Å². The molecule has 0 aliphatic carbocycles. The molecule has 4 nitrogen and oxygen atoms in total. The van der Waals surface area contributed by atoms with E-state index in [2.05, 4.69) is 34.2 Å². The summed E-state index contributed by atoms with van der Waals surface area (Å²) >= 11 is 7.41. The van der Waals surface area contributed by atoms with Crippen molar-refractivity contribution in [1.82, 2.24) is 4.90 Å². The molecular formula is C21H20ClN3OS. The van der Waals surface area contributed by atoms with Crippen LogP contribution in [-0.4, -0.2) is 36.1 Å². The molecule has 0 unspecified atom stereocenters. The predicted molar refractivity (Wildman–Crippen MR) is 115 cm³/mol. The number of likely N-dealkylation sites (N-methyl/N-ethyl adjacent to an activating group) is 1. The summed E-state index contributed by atoms with van der Waals surface area (Å²) in [4.78, 5) is 21.8. The molecule has 2 fully saturated rings. The third kappa shape index (κ3) is 4.04. The van der Waals surface area contributed by atoms with Gasteiger partial charge in [0.15, 0.2) is 5.17 Å². The molecule has 0 atom stereocenters. The highest BCUT2D eigenvalue weighted by molar-refractivity contribution is 8.18. The molecule has 0 spiro atoms. The van der Waals surface area contributed by atoms with Crippen molar-refractivity contribution in [1.29, 1.82) is 0 Å². The summed E-state index contributed by atoms with van der Waals surface area (Å²) < 4.78 is 0. The molecule has 2 aromatic rings. The van der Waals surface area contributed by atoms with E-state index in [4.69, 9.17) is 11.6 Å². The average molecular weight is 398 g/mol. The summed E-state index contributed by atoms with van der Waals surface area (Å²) in [7, 11) is 1.75. The normalized spacial score (nSPS) is 20.3. The first kappa shape index (κ1) is 18.1. The Hall–Kier alpha value is -2.24. The quantitative estimate of drug-likeness (QED) is 0.670. The lowest BCUT2D eigenvalue weighted by atomic mass is 10.2. The van der Waals surface area contributed by atoms with Crippen LogP contribution in [0.15, 0.2) is 58.4 Å². The highest BCUT2D eigenvalue weighted by atomic mass is 35.5. The zero-order valence-electron chi connectivity index (χ0n) is 15.1. The van der Waals surface area contributed by atoms with Crippen molar-refractivity contribution in [2.24, 2.45) is 4.99 Å². The lowest BCUT2D eigenvalue weighted by Gasteiger charge is -2.17. The molecule has 6 heteroatoms. The van der Waals surface area contributed by atoms with E-state index in [1.807, 2.05) is 18.2 Å². The van der Waals surface area contributed by atoms with Gasteiger partial charge in [-0.25, -0.2) is 4.99 Å². The van der Waals surface area contributed by atoms with Crippen LogP contribution in [0.2, 0.25) is 5.02 Å². The van der Waals surface area contributed by atoms with Crippen molar-refractivity contribution < 1.29 is 4.79 Å². The monoisotopic (exact) mass is 397 g/mol. The van der Waals surface area contributed by atoms with Crippen LogP contribution in [0, 0.1) is 0 Å². The molecule has 0 radical (unpaired) electrons. The number of nitrogens with zero attached hydrogens (tertiary/aromatic N) is 3. The summed E-state index contributed by atoms with van der Waals surface area (Å²) in [5.41, 5.74) is 3.01. The average Bonchev–Trinajstić information content (AvgIpc) is 3.28. The van der Waals surface area contributed by atoms with Gasteiger partial charge in [-0.15, -0.1) is 0 Å². The zero-order chi connectivity index (χ0) is 18.8. The van der Waals surface area contributed by atoms with Gasteiger partial charge in [-0.2, -0.15) is 0 Å². The first-order valence-electron chi connectivity index (χ1n) is 8.97. The Labute approximate surface area is 168 Å². The van der Waals surface area contributed by atoms with E-state index in [-0.39, 0.29) is 5.91 Å². The Bertz CT molecular complexity index is 917. The first-order chi connectivity index (χ1) is 13.1. The number of amides is 1. The number of hydrogen-bond donors (Lipinski definition) is 0. The highest BCUT2D eigenvalue weighted by Gasteiger charge is 2.30. The van der Waals surface area contributed by atoms with E-state index in [1.165, 1.54) is 30.3 Å². The van der Waals surface area contributed by atoms with Crippen molar-refractivity contribution >= 4 is 51.9 Å². The fourth-order valence-electron chi connectivity index (χ4n) is 3.22. The molecule has 2 heterocycles. The summed E-state index contributed by atoms with van der Waals surface area (Å²) in [5.74, 6) is -0.0376. The van der Waals surface area contributed by atoms with Crippen molar-refractivity contribution in [3.8, 4) is 0 Å². The van der Waals surface area contributed by atoms with Crippen LogP contribution in [0.5, 0.6) is 0 Å². The molecule has 0 saturated carbocycles. The predicted octanol–water partition coefficient (Wildman–Crippen LogP) is 5.17. The standard InChI is InChI=1S/C21H20ClN3OS/c1-24-20(26)19(27-21(24)23-17-6-4-5-16(22)14-17)13-15-7-9-18(10-8-15)25-11-2-3-12-25/h4-10,13-14H,2-3,11-12H2,1H3/b19-13+,23-21?. The Morgan fingerprint density at radius 1 is 1.11 bits per heavy atom. The molecule has 1 amide bonds. The minimum absolute atomic E-state index is 0.0376. The zero-order valence-corrected chi connectivity index (χ0v) is 16.6. The SMILES string of the molecule is CN1C(=O)/C(=C\c2ccc(N3CCCC3)cc2)SC1=Nc1cccc(Cl)c1. The van der Waals surface area contributed by atoms with Gasteiger partial charge in [0.1, 0.15) is 0 Å². The summed E-state index contributed by atoms with van der Waals surface area (Å²) in [6.07, 6.45) is 4.45. The highest BCUT2D eigenvalue weighted by Crippen LogP contribution is 2.33. The van der Waals surface area contributed by atoms with Gasteiger partial charge in [0.2, 0.25) is 0 Å². The van der Waals surface area contributed by atoms with Gasteiger partial charge < -0.3 is 4.90 Å². The molecular weight excluding hydrogens is 378 g/mol. The second kappa shape index (κ2) is 7.79. The molecule has 2 aliphatic heterocycles.